The summed E-state index contributed by atoms with van der Waals surface area (Å²) in [6.45, 7) is 1.31. The molecule has 1 N–H and O–H groups in total. The first-order valence-electron chi connectivity index (χ1n) is 7.45. The number of ether oxygens (including phenoxy) is 2. The van der Waals surface area contributed by atoms with Gasteiger partial charge < -0.3 is 14.6 Å². The lowest BCUT2D eigenvalue weighted by Crippen LogP contribution is -2.46. The SMILES string of the molecule is COc1ccc(OCCN2CCCCC2C(=O)O)c([N+](=O)[O-])c1. The van der Waals surface area contributed by atoms with Gasteiger partial charge in [-0.3, -0.25) is 19.8 Å². The zero-order valence-corrected chi connectivity index (χ0v) is 12.9. The van der Waals surface area contributed by atoms with Crippen molar-refractivity contribution in [2.45, 2.75) is 25.3 Å². The molecule has 0 spiro atoms. The Kier molecular flexibility index (Phi) is 5.75. The Morgan fingerprint density at radius 3 is 2.91 bits per heavy atom. The number of nitro benzene ring substituents is 1. The van der Waals surface area contributed by atoms with Gasteiger partial charge in [0.2, 0.25) is 0 Å². The van der Waals surface area contributed by atoms with Crippen molar-refractivity contribution in [2.75, 3.05) is 26.8 Å². The van der Waals surface area contributed by atoms with Crippen molar-refractivity contribution in [3.05, 3.63) is 28.3 Å². The minimum absolute atomic E-state index is 0.152. The van der Waals surface area contributed by atoms with E-state index in [0.29, 0.717) is 25.3 Å². The fourth-order valence-electron chi connectivity index (χ4n) is 2.70. The molecule has 2 rings (SSSR count). The first-order chi connectivity index (χ1) is 11.0. The van der Waals surface area contributed by atoms with Crippen LogP contribution in [-0.4, -0.2) is 53.7 Å². The average molecular weight is 324 g/mol. The lowest BCUT2D eigenvalue weighted by Gasteiger charge is -2.32. The van der Waals surface area contributed by atoms with Crippen molar-refractivity contribution in [3.63, 3.8) is 0 Å². The zero-order chi connectivity index (χ0) is 16.8. The van der Waals surface area contributed by atoms with Crippen LogP contribution in [0, 0.1) is 10.1 Å². The monoisotopic (exact) mass is 324 g/mol. The molecule has 126 valence electrons. The molecule has 0 aromatic heterocycles. The van der Waals surface area contributed by atoms with Crippen LogP contribution in [0.5, 0.6) is 11.5 Å². The highest BCUT2D eigenvalue weighted by molar-refractivity contribution is 5.73. The molecule has 8 nitrogen and oxygen atoms in total. The van der Waals surface area contributed by atoms with Crippen LogP contribution in [0.1, 0.15) is 19.3 Å². The van der Waals surface area contributed by atoms with Gasteiger partial charge in [-0.25, -0.2) is 0 Å². The summed E-state index contributed by atoms with van der Waals surface area (Å²) in [7, 11) is 1.43. The number of hydrogen-bond acceptors (Lipinski definition) is 6. The number of nitro groups is 1. The fraction of sp³-hybridized carbons (Fsp3) is 0.533. The van der Waals surface area contributed by atoms with E-state index in [1.54, 1.807) is 6.07 Å². The number of nitrogens with zero attached hydrogens (tertiary/aromatic N) is 2. The van der Waals surface area contributed by atoms with E-state index in [-0.39, 0.29) is 18.0 Å². The summed E-state index contributed by atoms with van der Waals surface area (Å²) in [5, 5.41) is 20.3. The lowest BCUT2D eigenvalue weighted by molar-refractivity contribution is -0.385. The maximum atomic E-state index is 11.2. The first kappa shape index (κ1) is 17.0. The number of carboxylic acid groups (broad SMARTS) is 1. The van der Waals surface area contributed by atoms with Crippen molar-refractivity contribution < 1.29 is 24.3 Å². The van der Waals surface area contributed by atoms with Crippen LogP contribution < -0.4 is 9.47 Å². The van der Waals surface area contributed by atoms with Gasteiger partial charge in [0.05, 0.1) is 18.1 Å². The van der Waals surface area contributed by atoms with Gasteiger partial charge in [-0.2, -0.15) is 0 Å². The summed E-state index contributed by atoms with van der Waals surface area (Å²) in [5.41, 5.74) is -0.169. The zero-order valence-electron chi connectivity index (χ0n) is 12.9. The molecule has 1 fully saturated rings. The van der Waals surface area contributed by atoms with Gasteiger partial charge in [-0.15, -0.1) is 0 Å². The molecule has 0 aliphatic carbocycles. The van der Waals surface area contributed by atoms with Crippen LogP contribution in [0.25, 0.3) is 0 Å². The topological polar surface area (TPSA) is 102 Å². The Morgan fingerprint density at radius 1 is 1.48 bits per heavy atom. The molecule has 0 saturated carbocycles. The molecule has 0 radical (unpaired) electrons. The van der Waals surface area contributed by atoms with Crippen LogP contribution >= 0.6 is 0 Å². The number of likely N-dealkylation sites (tertiary alicyclic amines) is 1. The summed E-state index contributed by atoms with van der Waals surface area (Å²) >= 11 is 0. The van der Waals surface area contributed by atoms with E-state index in [9.17, 15) is 20.0 Å². The maximum absolute atomic E-state index is 11.2. The van der Waals surface area contributed by atoms with E-state index in [1.807, 2.05) is 4.90 Å². The van der Waals surface area contributed by atoms with Crippen LogP contribution in [0.4, 0.5) is 5.69 Å². The van der Waals surface area contributed by atoms with Crippen molar-refractivity contribution >= 4 is 11.7 Å². The summed E-state index contributed by atoms with van der Waals surface area (Å²) in [4.78, 5) is 23.6. The minimum Gasteiger partial charge on any atom is -0.496 e. The number of aliphatic carboxylic acids is 1. The van der Waals surface area contributed by atoms with Gasteiger partial charge in [0.25, 0.3) is 0 Å². The van der Waals surface area contributed by atoms with Gasteiger partial charge in [-0.05, 0) is 31.5 Å². The highest BCUT2D eigenvalue weighted by atomic mass is 16.6. The molecule has 1 unspecified atom stereocenters. The molecule has 1 saturated heterocycles. The van der Waals surface area contributed by atoms with Gasteiger partial charge >= 0.3 is 11.7 Å². The highest BCUT2D eigenvalue weighted by Crippen LogP contribution is 2.31. The normalized spacial score (nSPS) is 18.4. The second kappa shape index (κ2) is 7.77. The number of rotatable bonds is 7. The molecule has 23 heavy (non-hydrogen) atoms. The van der Waals surface area contributed by atoms with Crippen molar-refractivity contribution in [1.82, 2.24) is 4.90 Å². The summed E-state index contributed by atoms with van der Waals surface area (Å²) in [6, 6.07) is 3.87. The number of methoxy groups -OCH3 is 1. The van der Waals surface area contributed by atoms with E-state index in [4.69, 9.17) is 9.47 Å². The predicted octanol–water partition coefficient (Wildman–Crippen LogP) is 1.92. The van der Waals surface area contributed by atoms with E-state index < -0.39 is 16.9 Å². The molecule has 1 aromatic carbocycles. The molecule has 1 heterocycles. The number of benzene rings is 1. The van der Waals surface area contributed by atoms with Crippen LogP contribution in [-0.2, 0) is 4.79 Å². The molecule has 1 aromatic rings. The van der Waals surface area contributed by atoms with Gasteiger partial charge in [0, 0.05) is 6.54 Å². The minimum atomic E-state index is -0.833. The van der Waals surface area contributed by atoms with E-state index in [2.05, 4.69) is 0 Å². The first-order valence-corrected chi connectivity index (χ1v) is 7.45. The molecule has 0 bridgehead atoms. The summed E-state index contributed by atoms with van der Waals surface area (Å²) in [6.07, 6.45) is 2.47. The third kappa shape index (κ3) is 4.32. The highest BCUT2D eigenvalue weighted by Gasteiger charge is 2.28. The Morgan fingerprint density at radius 2 is 2.26 bits per heavy atom. The third-order valence-electron chi connectivity index (χ3n) is 3.90. The maximum Gasteiger partial charge on any atom is 0.320 e. The van der Waals surface area contributed by atoms with Gasteiger partial charge in [0.15, 0.2) is 5.75 Å². The summed E-state index contributed by atoms with van der Waals surface area (Å²) < 4.78 is 10.5. The second-order valence-corrected chi connectivity index (χ2v) is 5.33. The Balaban J connectivity index is 1.98. The van der Waals surface area contributed by atoms with Crippen molar-refractivity contribution in [1.29, 1.82) is 0 Å². The van der Waals surface area contributed by atoms with Crippen molar-refractivity contribution in [2.24, 2.45) is 0 Å². The fourth-order valence-corrected chi connectivity index (χ4v) is 2.70. The molecule has 8 heteroatoms. The number of carboxylic acids is 1. The van der Waals surface area contributed by atoms with E-state index in [1.165, 1.54) is 19.2 Å². The van der Waals surface area contributed by atoms with Crippen molar-refractivity contribution in [3.8, 4) is 11.5 Å². The van der Waals surface area contributed by atoms with E-state index in [0.717, 1.165) is 12.8 Å². The lowest BCUT2D eigenvalue weighted by atomic mass is 10.0. The smallest absolute Gasteiger partial charge is 0.320 e. The number of hydrogen-bond donors (Lipinski definition) is 1. The van der Waals surface area contributed by atoms with Gasteiger partial charge in [0.1, 0.15) is 18.4 Å². The average Bonchev–Trinajstić information content (AvgIpc) is 2.55. The van der Waals surface area contributed by atoms with Gasteiger partial charge in [-0.1, -0.05) is 6.42 Å². The summed E-state index contributed by atoms with van der Waals surface area (Å²) in [5.74, 6) is -0.300. The number of carbonyl (C=O) groups is 1. The predicted molar refractivity (Wildman–Crippen MR) is 82.0 cm³/mol. The van der Waals surface area contributed by atoms with Crippen LogP contribution in [0.15, 0.2) is 18.2 Å². The largest absolute Gasteiger partial charge is 0.496 e. The number of piperidine rings is 1. The molecular weight excluding hydrogens is 304 g/mol. The Labute approximate surface area is 133 Å². The molecular formula is C15H20N2O6. The standard InChI is InChI=1S/C15H20N2O6/c1-22-11-5-6-14(13(10-11)17(20)21)23-9-8-16-7-3-2-4-12(16)15(18)19/h5-6,10,12H,2-4,7-9H2,1H3,(H,18,19). The Hall–Kier alpha value is -2.35. The molecule has 1 atom stereocenters. The molecule has 1 aliphatic heterocycles. The van der Waals surface area contributed by atoms with Crippen LogP contribution in [0.2, 0.25) is 0 Å². The molecule has 0 amide bonds. The Bertz CT molecular complexity index is 577. The molecule has 1 aliphatic rings. The van der Waals surface area contributed by atoms with Crippen LogP contribution in [0.3, 0.4) is 0 Å². The quantitative estimate of drug-likeness (QED) is 0.604. The third-order valence-corrected chi connectivity index (χ3v) is 3.90. The second-order valence-electron chi connectivity index (χ2n) is 5.33. The van der Waals surface area contributed by atoms with E-state index >= 15 is 0 Å².